The fraction of sp³-hybridized carbons (Fsp3) is 0.611. The summed E-state index contributed by atoms with van der Waals surface area (Å²) in [7, 11) is 0. The molecule has 5 rings (SSSR count). The molecule has 0 aliphatic carbocycles. The average Bonchev–Trinajstić information content (AvgIpc) is 2.58. The normalized spacial score (nSPS) is 30.8. The summed E-state index contributed by atoms with van der Waals surface area (Å²) < 4.78 is 11.1. The van der Waals surface area contributed by atoms with Crippen LogP contribution in [0.15, 0.2) is 18.2 Å². The van der Waals surface area contributed by atoms with Crippen LogP contribution in [0.1, 0.15) is 37.0 Å². The van der Waals surface area contributed by atoms with E-state index in [4.69, 9.17) is 9.47 Å². The Hall–Kier alpha value is -1.75. The van der Waals surface area contributed by atoms with Gasteiger partial charge in [-0.3, -0.25) is 9.69 Å². The molecule has 0 aromatic heterocycles. The minimum Gasteiger partial charge on any atom is -0.486 e. The third-order valence-electron chi connectivity index (χ3n) is 5.68. The van der Waals surface area contributed by atoms with Crippen LogP contribution in [-0.2, 0) is 0 Å². The molecule has 5 nitrogen and oxygen atoms in total. The summed E-state index contributed by atoms with van der Waals surface area (Å²) in [6, 6.07) is 5.63. The molecule has 1 N–H and O–H groups in total. The standard InChI is InChI=1S/C18H24N2O3/c1-18(2)16(12-5-7-20(18)8-6-12)19-17(21)13-3-4-14-15(11-13)23-10-9-22-14/h3-4,11-12,16H,5-10H2,1-2H3,(H,19,21). The molecule has 23 heavy (non-hydrogen) atoms. The van der Waals surface area contributed by atoms with E-state index in [0.717, 1.165) is 18.8 Å². The van der Waals surface area contributed by atoms with Gasteiger partial charge in [0.2, 0.25) is 0 Å². The Morgan fingerprint density at radius 3 is 2.57 bits per heavy atom. The molecule has 1 aromatic rings. The number of nitrogens with one attached hydrogen (secondary N) is 1. The van der Waals surface area contributed by atoms with Gasteiger partial charge in [0.15, 0.2) is 11.5 Å². The second kappa shape index (κ2) is 5.41. The van der Waals surface area contributed by atoms with E-state index in [-0.39, 0.29) is 17.5 Å². The number of hydrogen-bond acceptors (Lipinski definition) is 4. The zero-order chi connectivity index (χ0) is 16.0. The predicted molar refractivity (Wildman–Crippen MR) is 87.1 cm³/mol. The maximum Gasteiger partial charge on any atom is 0.251 e. The van der Waals surface area contributed by atoms with E-state index < -0.39 is 0 Å². The Kier molecular flexibility index (Phi) is 3.48. The van der Waals surface area contributed by atoms with Gasteiger partial charge in [0.05, 0.1) is 0 Å². The highest BCUT2D eigenvalue weighted by atomic mass is 16.6. The number of carbonyl (C=O) groups excluding carboxylic acids is 1. The van der Waals surface area contributed by atoms with Gasteiger partial charge in [-0.25, -0.2) is 0 Å². The minimum atomic E-state index is -0.0196. The Balaban J connectivity index is 1.53. The molecule has 1 unspecified atom stereocenters. The van der Waals surface area contributed by atoms with E-state index in [9.17, 15) is 4.79 Å². The Bertz CT molecular complexity index is 621. The lowest BCUT2D eigenvalue weighted by molar-refractivity contribution is -0.0378. The van der Waals surface area contributed by atoms with Crippen LogP contribution in [0.3, 0.4) is 0 Å². The molecule has 1 amide bonds. The number of fused-ring (bicyclic) bond motifs is 4. The Labute approximate surface area is 136 Å². The molecule has 5 heteroatoms. The van der Waals surface area contributed by atoms with Gasteiger partial charge in [-0.05, 0) is 63.9 Å². The maximum atomic E-state index is 12.7. The third-order valence-corrected chi connectivity index (χ3v) is 5.68. The molecule has 4 aliphatic heterocycles. The molecule has 4 heterocycles. The number of piperidine rings is 3. The zero-order valence-corrected chi connectivity index (χ0v) is 13.8. The zero-order valence-electron chi connectivity index (χ0n) is 13.8. The number of benzene rings is 1. The predicted octanol–water partition coefficient (Wildman–Crippen LogP) is 2.06. The van der Waals surface area contributed by atoms with Crippen LogP contribution in [0, 0.1) is 5.92 Å². The fourth-order valence-corrected chi connectivity index (χ4v) is 4.29. The van der Waals surface area contributed by atoms with Gasteiger partial charge >= 0.3 is 0 Å². The Morgan fingerprint density at radius 2 is 1.87 bits per heavy atom. The lowest BCUT2D eigenvalue weighted by Gasteiger charge is -2.56. The molecule has 2 bridgehead atoms. The van der Waals surface area contributed by atoms with E-state index in [0.29, 0.717) is 30.4 Å². The van der Waals surface area contributed by atoms with Crippen LogP contribution in [0.25, 0.3) is 0 Å². The van der Waals surface area contributed by atoms with E-state index in [1.54, 1.807) is 6.07 Å². The molecular formula is C18H24N2O3. The largest absolute Gasteiger partial charge is 0.486 e. The number of amides is 1. The first-order valence-electron chi connectivity index (χ1n) is 8.51. The van der Waals surface area contributed by atoms with Crippen LogP contribution in [0.4, 0.5) is 0 Å². The second-order valence-electron chi connectivity index (χ2n) is 7.29. The SMILES string of the molecule is CC1(C)C(NC(=O)c2ccc3c(c2)OCCO3)C2CCN1CC2. The molecule has 1 aromatic carbocycles. The molecular weight excluding hydrogens is 292 g/mol. The smallest absolute Gasteiger partial charge is 0.251 e. The summed E-state index contributed by atoms with van der Waals surface area (Å²) in [5, 5.41) is 3.29. The summed E-state index contributed by atoms with van der Waals surface area (Å²) in [6.07, 6.45) is 2.35. The van der Waals surface area contributed by atoms with Crippen molar-refractivity contribution < 1.29 is 14.3 Å². The molecule has 3 saturated heterocycles. The highest BCUT2D eigenvalue weighted by Crippen LogP contribution is 2.39. The third kappa shape index (κ3) is 2.47. The van der Waals surface area contributed by atoms with E-state index in [2.05, 4.69) is 24.1 Å². The summed E-state index contributed by atoms with van der Waals surface area (Å²) in [5.41, 5.74) is 0.659. The number of hydrogen-bond donors (Lipinski definition) is 1. The van der Waals surface area contributed by atoms with Gasteiger partial charge in [0.25, 0.3) is 5.91 Å². The summed E-state index contributed by atoms with van der Waals surface area (Å²) in [4.78, 5) is 15.2. The average molecular weight is 316 g/mol. The summed E-state index contributed by atoms with van der Waals surface area (Å²) in [5.74, 6) is 1.94. The van der Waals surface area contributed by atoms with Crippen molar-refractivity contribution in [1.82, 2.24) is 10.2 Å². The van der Waals surface area contributed by atoms with Crippen molar-refractivity contribution in [1.29, 1.82) is 0 Å². The highest BCUT2D eigenvalue weighted by molar-refractivity contribution is 5.95. The monoisotopic (exact) mass is 316 g/mol. The first kappa shape index (κ1) is 14.8. The fourth-order valence-electron chi connectivity index (χ4n) is 4.29. The van der Waals surface area contributed by atoms with Crippen LogP contribution >= 0.6 is 0 Å². The number of nitrogens with zero attached hydrogens (tertiary/aromatic N) is 1. The van der Waals surface area contributed by atoms with Crippen LogP contribution in [0.5, 0.6) is 11.5 Å². The van der Waals surface area contributed by atoms with E-state index in [1.165, 1.54) is 12.8 Å². The number of carbonyl (C=O) groups is 1. The van der Waals surface area contributed by atoms with Gasteiger partial charge in [0.1, 0.15) is 13.2 Å². The van der Waals surface area contributed by atoms with Gasteiger partial charge in [-0.15, -0.1) is 0 Å². The Morgan fingerprint density at radius 1 is 1.17 bits per heavy atom. The van der Waals surface area contributed by atoms with Crippen LogP contribution in [0.2, 0.25) is 0 Å². The van der Waals surface area contributed by atoms with Gasteiger partial charge < -0.3 is 14.8 Å². The quantitative estimate of drug-likeness (QED) is 0.907. The van der Waals surface area contributed by atoms with Crippen molar-refractivity contribution in [2.24, 2.45) is 5.92 Å². The van der Waals surface area contributed by atoms with Gasteiger partial charge in [0, 0.05) is 17.1 Å². The molecule has 0 spiro atoms. The van der Waals surface area contributed by atoms with Gasteiger partial charge in [-0.2, -0.15) is 0 Å². The van der Waals surface area contributed by atoms with Crippen molar-refractivity contribution in [3.8, 4) is 11.5 Å². The van der Waals surface area contributed by atoms with Crippen molar-refractivity contribution in [2.45, 2.75) is 38.3 Å². The molecule has 3 fully saturated rings. The molecule has 124 valence electrons. The second-order valence-corrected chi connectivity index (χ2v) is 7.29. The van der Waals surface area contributed by atoms with Crippen molar-refractivity contribution >= 4 is 5.91 Å². The van der Waals surface area contributed by atoms with Crippen molar-refractivity contribution in [2.75, 3.05) is 26.3 Å². The number of rotatable bonds is 2. The van der Waals surface area contributed by atoms with Crippen molar-refractivity contribution in [3.05, 3.63) is 23.8 Å². The van der Waals surface area contributed by atoms with Crippen molar-refractivity contribution in [3.63, 3.8) is 0 Å². The number of ether oxygens (including phenoxy) is 2. The highest BCUT2D eigenvalue weighted by Gasteiger charge is 2.48. The van der Waals surface area contributed by atoms with Crippen LogP contribution in [-0.4, -0.2) is 48.7 Å². The topological polar surface area (TPSA) is 50.8 Å². The molecule has 1 atom stereocenters. The summed E-state index contributed by atoms with van der Waals surface area (Å²) >= 11 is 0. The minimum absolute atomic E-state index is 0.0185. The maximum absolute atomic E-state index is 12.7. The lowest BCUT2D eigenvalue weighted by atomic mass is 9.72. The first-order valence-corrected chi connectivity index (χ1v) is 8.51. The summed E-state index contributed by atoms with van der Waals surface area (Å²) in [6.45, 7) is 7.87. The first-order chi connectivity index (χ1) is 11.1. The van der Waals surface area contributed by atoms with E-state index >= 15 is 0 Å². The van der Waals surface area contributed by atoms with E-state index in [1.807, 2.05) is 12.1 Å². The lowest BCUT2D eigenvalue weighted by Crippen LogP contribution is -2.69. The molecule has 4 aliphatic rings. The van der Waals surface area contributed by atoms with Gasteiger partial charge in [-0.1, -0.05) is 0 Å². The van der Waals surface area contributed by atoms with Crippen LogP contribution < -0.4 is 14.8 Å². The molecule has 0 radical (unpaired) electrons. The molecule has 0 saturated carbocycles.